The zero-order valence-electron chi connectivity index (χ0n) is 12.1. The van der Waals surface area contributed by atoms with Crippen LogP contribution >= 0.6 is 0 Å². The first-order chi connectivity index (χ1) is 9.34. The topological polar surface area (TPSA) is 88.2 Å². The quantitative estimate of drug-likeness (QED) is 0.888. The van der Waals surface area contributed by atoms with E-state index in [1.807, 2.05) is 13.8 Å². The Morgan fingerprint density at radius 3 is 2.80 bits per heavy atom. The summed E-state index contributed by atoms with van der Waals surface area (Å²) in [6, 6.07) is 1.72. The van der Waals surface area contributed by atoms with E-state index in [1.54, 1.807) is 19.9 Å². The summed E-state index contributed by atoms with van der Waals surface area (Å²) >= 11 is 0. The van der Waals surface area contributed by atoms with Gasteiger partial charge in [0.15, 0.2) is 0 Å². The van der Waals surface area contributed by atoms with Crippen molar-refractivity contribution in [1.29, 1.82) is 0 Å². The molecule has 2 aromatic heterocycles. The molecular weight excluding hydrogens is 258 g/mol. The largest absolute Gasteiger partial charge is 0.396 e. The second-order valence-corrected chi connectivity index (χ2v) is 5.57. The molecule has 6 nitrogen and oxygen atoms in total. The molecule has 1 amide bonds. The summed E-state index contributed by atoms with van der Waals surface area (Å²) in [5, 5.41) is 16.4. The fourth-order valence-electron chi connectivity index (χ4n) is 2.11. The summed E-state index contributed by atoms with van der Waals surface area (Å²) < 4.78 is 5.12. The Labute approximate surface area is 117 Å². The lowest BCUT2D eigenvalue weighted by Gasteiger charge is -2.25. The molecule has 0 aromatic carbocycles. The van der Waals surface area contributed by atoms with Crippen molar-refractivity contribution < 1.29 is 14.4 Å². The number of rotatable bonds is 4. The molecular formula is C14H19N3O3. The summed E-state index contributed by atoms with van der Waals surface area (Å²) in [6.45, 7) is 7.33. The van der Waals surface area contributed by atoms with Gasteiger partial charge in [0.05, 0.1) is 16.6 Å². The lowest BCUT2D eigenvalue weighted by molar-refractivity contribution is 0.0901. The first-order valence-electron chi connectivity index (χ1n) is 6.51. The van der Waals surface area contributed by atoms with Gasteiger partial charge in [-0.15, -0.1) is 0 Å². The number of aliphatic hydroxyl groups excluding tert-OH is 1. The van der Waals surface area contributed by atoms with Crippen LogP contribution in [-0.4, -0.2) is 33.3 Å². The molecule has 0 aliphatic carbocycles. The van der Waals surface area contributed by atoms with E-state index in [9.17, 15) is 4.79 Å². The Morgan fingerprint density at radius 1 is 1.45 bits per heavy atom. The fraction of sp³-hybridized carbons (Fsp3) is 0.500. The van der Waals surface area contributed by atoms with Crippen molar-refractivity contribution in [2.45, 2.75) is 39.7 Å². The minimum absolute atomic E-state index is 0.0182. The van der Waals surface area contributed by atoms with Crippen LogP contribution in [0.1, 0.15) is 42.0 Å². The molecule has 20 heavy (non-hydrogen) atoms. The number of pyridine rings is 1. The number of aryl methyl sites for hydroxylation is 2. The molecule has 2 aromatic rings. The van der Waals surface area contributed by atoms with E-state index in [1.165, 1.54) is 0 Å². The van der Waals surface area contributed by atoms with Crippen molar-refractivity contribution >= 4 is 17.0 Å². The monoisotopic (exact) mass is 277 g/mol. The SMILES string of the molecule is Cc1cc(C(=O)NC(C)(C)CCO)c2c(C)noc2n1. The van der Waals surface area contributed by atoms with Crippen LogP contribution in [0.2, 0.25) is 0 Å². The number of hydrogen-bond donors (Lipinski definition) is 2. The first kappa shape index (κ1) is 14.5. The van der Waals surface area contributed by atoms with E-state index in [2.05, 4.69) is 15.5 Å². The lowest BCUT2D eigenvalue weighted by atomic mass is 10.00. The highest BCUT2D eigenvalue weighted by atomic mass is 16.5. The molecule has 2 N–H and O–H groups in total. The Kier molecular flexibility index (Phi) is 3.76. The van der Waals surface area contributed by atoms with Gasteiger partial charge < -0.3 is 14.9 Å². The molecule has 0 saturated heterocycles. The zero-order valence-corrected chi connectivity index (χ0v) is 12.1. The number of nitrogens with zero attached hydrogens (tertiary/aromatic N) is 2. The van der Waals surface area contributed by atoms with Crippen LogP contribution in [0.5, 0.6) is 0 Å². The third kappa shape index (κ3) is 2.80. The van der Waals surface area contributed by atoms with Crippen LogP contribution in [0, 0.1) is 13.8 Å². The molecule has 108 valence electrons. The highest BCUT2D eigenvalue weighted by Crippen LogP contribution is 2.22. The molecule has 2 heterocycles. The minimum atomic E-state index is -0.486. The van der Waals surface area contributed by atoms with Gasteiger partial charge in [-0.25, -0.2) is 4.98 Å². The van der Waals surface area contributed by atoms with E-state index in [0.29, 0.717) is 34.5 Å². The molecule has 6 heteroatoms. The van der Waals surface area contributed by atoms with Crippen molar-refractivity contribution in [2.75, 3.05) is 6.61 Å². The first-order valence-corrected chi connectivity index (χ1v) is 6.51. The molecule has 0 spiro atoms. The van der Waals surface area contributed by atoms with Gasteiger partial charge in [-0.2, -0.15) is 0 Å². The summed E-state index contributed by atoms with van der Waals surface area (Å²) in [5.74, 6) is -0.217. The van der Waals surface area contributed by atoms with Crippen LogP contribution in [0.15, 0.2) is 10.6 Å². The second-order valence-electron chi connectivity index (χ2n) is 5.57. The highest BCUT2D eigenvalue weighted by molar-refractivity contribution is 6.06. The molecule has 0 bridgehead atoms. The summed E-state index contributed by atoms with van der Waals surface area (Å²) in [5.41, 5.74) is 1.71. The maximum atomic E-state index is 12.5. The Bertz CT molecular complexity index is 646. The van der Waals surface area contributed by atoms with E-state index in [0.717, 1.165) is 0 Å². The zero-order chi connectivity index (χ0) is 14.9. The molecule has 0 fully saturated rings. The molecule has 0 aliphatic heterocycles. The molecule has 0 unspecified atom stereocenters. The Balaban J connectivity index is 2.42. The van der Waals surface area contributed by atoms with Crippen molar-refractivity contribution in [3.8, 4) is 0 Å². The van der Waals surface area contributed by atoms with E-state index < -0.39 is 5.54 Å². The van der Waals surface area contributed by atoms with Crippen molar-refractivity contribution in [2.24, 2.45) is 0 Å². The third-order valence-electron chi connectivity index (χ3n) is 3.18. The van der Waals surface area contributed by atoms with Crippen molar-refractivity contribution in [3.63, 3.8) is 0 Å². The number of carbonyl (C=O) groups excluding carboxylic acids is 1. The third-order valence-corrected chi connectivity index (χ3v) is 3.18. The van der Waals surface area contributed by atoms with Crippen LogP contribution < -0.4 is 5.32 Å². The van der Waals surface area contributed by atoms with Gasteiger partial charge in [-0.1, -0.05) is 5.16 Å². The van der Waals surface area contributed by atoms with E-state index >= 15 is 0 Å². The van der Waals surface area contributed by atoms with Gasteiger partial charge in [-0.3, -0.25) is 4.79 Å². The van der Waals surface area contributed by atoms with Crippen LogP contribution in [-0.2, 0) is 0 Å². The Morgan fingerprint density at radius 2 is 2.15 bits per heavy atom. The number of aromatic nitrogens is 2. The second kappa shape index (κ2) is 5.20. The van der Waals surface area contributed by atoms with Gasteiger partial charge in [0, 0.05) is 17.8 Å². The van der Waals surface area contributed by atoms with Gasteiger partial charge in [0.25, 0.3) is 11.6 Å². The predicted octanol–water partition coefficient (Wildman–Crippen LogP) is 1.73. The maximum absolute atomic E-state index is 12.5. The molecule has 0 atom stereocenters. The smallest absolute Gasteiger partial charge is 0.258 e. The molecule has 0 aliphatic rings. The number of amides is 1. The predicted molar refractivity (Wildman–Crippen MR) is 74.5 cm³/mol. The average molecular weight is 277 g/mol. The van der Waals surface area contributed by atoms with Gasteiger partial charge in [0.1, 0.15) is 0 Å². The number of aliphatic hydroxyl groups is 1. The summed E-state index contributed by atoms with van der Waals surface area (Å²) in [6.07, 6.45) is 0.481. The summed E-state index contributed by atoms with van der Waals surface area (Å²) in [4.78, 5) is 16.7. The number of fused-ring (bicyclic) bond motifs is 1. The van der Waals surface area contributed by atoms with Crippen LogP contribution in [0.4, 0.5) is 0 Å². The van der Waals surface area contributed by atoms with E-state index in [-0.39, 0.29) is 12.5 Å². The normalized spacial score (nSPS) is 11.8. The summed E-state index contributed by atoms with van der Waals surface area (Å²) in [7, 11) is 0. The van der Waals surface area contributed by atoms with Gasteiger partial charge >= 0.3 is 0 Å². The average Bonchev–Trinajstić information content (AvgIpc) is 2.69. The number of nitrogens with one attached hydrogen (secondary N) is 1. The van der Waals surface area contributed by atoms with E-state index in [4.69, 9.17) is 9.63 Å². The van der Waals surface area contributed by atoms with Crippen LogP contribution in [0.3, 0.4) is 0 Å². The van der Waals surface area contributed by atoms with Crippen LogP contribution in [0.25, 0.3) is 11.1 Å². The van der Waals surface area contributed by atoms with Gasteiger partial charge in [0.2, 0.25) is 0 Å². The van der Waals surface area contributed by atoms with Crippen molar-refractivity contribution in [1.82, 2.24) is 15.5 Å². The minimum Gasteiger partial charge on any atom is -0.396 e. The highest BCUT2D eigenvalue weighted by Gasteiger charge is 2.24. The number of carbonyl (C=O) groups is 1. The maximum Gasteiger partial charge on any atom is 0.258 e. The Hall–Kier alpha value is -1.95. The van der Waals surface area contributed by atoms with Gasteiger partial charge in [-0.05, 0) is 40.2 Å². The molecule has 0 saturated carbocycles. The molecule has 2 rings (SSSR count). The standard InChI is InChI=1S/C14H19N3O3/c1-8-7-10(11-9(2)17-20-13(11)15-8)12(19)16-14(3,4)5-6-18/h7,18H,5-6H2,1-4H3,(H,16,19). The fourth-order valence-corrected chi connectivity index (χ4v) is 2.11. The van der Waals surface area contributed by atoms with Crippen molar-refractivity contribution in [3.05, 3.63) is 23.0 Å². The molecule has 0 radical (unpaired) electrons. The number of hydrogen-bond acceptors (Lipinski definition) is 5. The lowest BCUT2D eigenvalue weighted by Crippen LogP contribution is -2.44.